The summed E-state index contributed by atoms with van der Waals surface area (Å²) >= 11 is 0. The van der Waals surface area contributed by atoms with Crippen LogP contribution in [-0.4, -0.2) is 22.0 Å². The van der Waals surface area contributed by atoms with Crippen LogP contribution in [0.25, 0.3) is 0 Å². The third kappa shape index (κ3) is 1.99. The lowest BCUT2D eigenvalue weighted by atomic mass is 10.3. The molecule has 5 heteroatoms. The number of nitrogens with zero attached hydrogens (tertiary/aromatic N) is 1. The topological polar surface area (TPSA) is 66.8 Å². The molecule has 0 unspecified atom stereocenters. The van der Waals surface area contributed by atoms with Crippen LogP contribution in [0.1, 0.15) is 26.2 Å². The van der Waals surface area contributed by atoms with E-state index < -0.39 is 5.97 Å². The molecule has 0 atom stereocenters. The number of rotatable bonds is 2. The van der Waals surface area contributed by atoms with Crippen LogP contribution in [0.4, 0.5) is 0 Å². The third-order valence-corrected chi connectivity index (χ3v) is 1.71. The first-order chi connectivity index (χ1) is 6.19. The molecule has 0 aliphatic carbocycles. The Labute approximate surface area is 75.5 Å². The van der Waals surface area contributed by atoms with Gasteiger partial charge in [-0.25, -0.2) is 4.79 Å². The summed E-state index contributed by atoms with van der Waals surface area (Å²) in [6, 6.07) is 0. The van der Waals surface area contributed by atoms with E-state index in [1.807, 2.05) is 0 Å². The lowest BCUT2D eigenvalue weighted by Crippen LogP contribution is -2.26. The molecule has 1 aliphatic rings. The average molecular weight is 185 g/mol. The zero-order chi connectivity index (χ0) is 9.84. The molecule has 1 heterocycles. The largest absolute Gasteiger partial charge is 0.514 e. The highest BCUT2D eigenvalue weighted by Crippen LogP contribution is 2.22. The Morgan fingerprint density at radius 3 is 2.92 bits per heavy atom. The van der Waals surface area contributed by atoms with Crippen molar-refractivity contribution in [1.82, 2.24) is 5.06 Å². The zero-order valence-corrected chi connectivity index (χ0v) is 7.32. The normalized spacial score (nSPS) is 19.6. The van der Waals surface area contributed by atoms with E-state index in [0.29, 0.717) is 12.1 Å². The number of aliphatic hydroxyl groups excluding tert-OH is 1. The molecule has 5 nitrogen and oxygen atoms in total. The highest BCUT2D eigenvalue weighted by Gasteiger charge is 2.29. The molecule has 1 saturated heterocycles. The van der Waals surface area contributed by atoms with Crippen LogP contribution in [0.15, 0.2) is 12.0 Å². The number of hydrogen-bond acceptors (Lipinski definition) is 4. The minimum atomic E-state index is -0.491. The Morgan fingerprint density at radius 1 is 1.69 bits per heavy atom. The van der Waals surface area contributed by atoms with Gasteiger partial charge in [-0.2, -0.15) is 0 Å². The van der Waals surface area contributed by atoms with Crippen LogP contribution >= 0.6 is 0 Å². The van der Waals surface area contributed by atoms with Crippen molar-refractivity contribution in [3.63, 3.8) is 0 Å². The number of hydroxylamine groups is 2. The summed E-state index contributed by atoms with van der Waals surface area (Å²) < 4.78 is 0. The van der Waals surface area contributed by atoms with E-state index in [9.17, 15) is 9.59 Å². The molecule has 0 spiro atoms. The molecule has 72 valence electrons. The molecular weight excluding hydrogens is 174 g/mol. The van der Waals surface area contributed by atoms with Gasteiger partial charge in [0.25, 0.3) is 5.91 Å². The second-order valence-electron chi connectivity index (χ2n) is 2.63. The monoisotopic (exact) mass is 185 g/mol. The molecule has 0 saturated carbocycles. The third-order valence-electron chi connectivity index (χ3n) is 1.71. The molecule has 0 bridgehead atoms. The molecule has 1 aliphatic heterocycles. The van der Waals surface area contributed by atoms with Gasteiger partial charge in [-0.1, -0.05) is 6.92 Å². The van der Waals surface area contributed by atoms with Gasteiger partial charge in [0, 0.05) is 19.3 Å². The van der Waals surface area contributed by atoms with Crippen LogP contribution in [0.5, 0.6) is 0 Å². The molecule has 0 aromatic rings. The van der Waals surface area contributed by atoms with Crippen LogP contribution in [0.3, 0.4) is 0 Å². The van der Waals surface area contributed by atoms with Gasteiger partial charge in [-0.3, -0.25) is 4.79 Å². The van der Waals surface area contributed by atoms with Crippen molar-refractivity contribution in [3.8, 4) is 0 Å². The van der Waals surface area contributed by atoms with E-state index in [2.05, 4.69) is 0 Å². The van der Waals surface area contributed by atoms with Gasteiger partial charge in [0.2, 0.25) is 0 Å². The van der Waals surface area contributed by atoms with E-state index in [4.69, 9.17) is 9.94 Å². The number of carbonyl (C=O) groups is 2. The SMILES string of the molecule is CCC(=O)ON1C(=O)CC/C1=C/O. The van der Waals surface area contributed by atoms with Crippen molar-refractivity contribution >= 4 is 11.9 Å². The molecular formula is C8H11NO4. The van der Waals surface area contributed by atoms with Gasteiger partial charge in [0.15, 0.2) is 0 Å². The Bertz CT molecular complexity index is 259. The highest BCUT2D eigenvalue weighted by molar-refractivity contribution is 5.82. The predicted octanol–water partition coefficient (Wildman–Crippen LogP) is 0.876. The Morgan fingerprint density at radius 2 is 2.38 bits per heavy atom. The van der Waals surface area contributed by atoms with Crippen molar-refractivity contribution < 1.29 is 19.5 Å². The molecule has 1 N–H and O–H groups in total. The molecule has 0 aromatic heterocycles. The van der Waals surface area contributed by atoms with Gasteiger partial charge in [-0.15, -0.1) is 5.06 Å². The fourth-order valence-electron chi connectivity index (χ4n) is 0.991. The number of hydrogen-bond donors (Lipinski definition) is 1. The minimum Gasteiger partial charge on any atom is -0.514 e. The Kier molecular flexibility index (Phi) is 2.89. The summed E-state index contributed by atoms with van der Waals surface area (Å²) in [5, 5.41) is 9.55. The van der Waals surface area contributed by atoms with Gasteiger partial charge in [0.1, 0.15) is 6.26 Å². The standard InChI is InChI=1S/C8H11NO4/c1-2-8(12)13-9-6(5-10)3-4-7(9)11/h5,10H,2-4H2,1H3/b6-5-. The molecule has 0 aromatic carbocycles. The van der Waals surface area contributed by atoms with Crippen molar-refractivity contribution in [3.05, 3.63) is 12.0 Å². The van der Waals surface area contributed by atoms with Gasteiger partial charge in [-0.05, 0) is 0 Å². The van der Waals surface area contributed by atoms with Crippen molar-refractivity contribution in [2.24, 2.45) is 0 Å². The van der Waals surface area contributed by atoms with Crippen LogP contribution in [0.2, 0.25) is 0 Å². The van der Waals surface area contributed by atoms with E-state index in [0.717, 1.165) is 11.3 Å². The quantitative estimate of drug-likeness (QED) is 0.648. The van der Waals surface area contributed by atoms with Crippen molar-refractivity contribution in [2.45, 2.75) is 26.2 Å². The molecule has 0 radical (unpaired) electrons. The van der Waals surface area contributed by atoms with Crippen LogP contribution in [-0.2, 0) is 14.4 Å². The number of carbonyl (C=O) groups excluding carboxylic acids is 2. The zero-order valence-electron chi connectivity index (χ0n) is 7.32. The molecule has 1 amide bonds. The Balaban J connectivity index is 2.65. The molecule has 1 fully saturated rings. The summed E-state index contributed by atoms with van der Waals surface area (Å²) in [6.45, 7) is 1.63. The lowest BCUT2D eigenvalue weighted by Gasteiger charge is -2.14. The van der Waals surface area contributed by atoms with Crippen molar-refractivity contribution in [1.29, 1.82) is 0 Å². The maximum Gasteiger partial charge on any atom is 0.332 e. The van der Waals surface area contributed by atoms with Gasteiger partial charge in [0.05, 0.1) is 5.70 Å². The fourth-order valence-corrected chi connectivity index (χ4v) is 0.991. The summed E-state index contributed by atoms with van der Waals surface area (Å²) in [4.78, 5) is 26.6. The van der Waals surface area contributed by atoms with Gasteiger partial charge < -0.3 is 9.94 Å². The van der Waals surface area contributed by atoms with Crippen LogP contribution in [0, 0.1) is 0 Å². The van der Waals surface area contributed by atoms with Crippen LogP contribution < -0.4 is 0 Å². The minimum absolute atomic E-state index is 0.197. The fraction of sp³-hybridized carbons (Fsp3) is 0.500. The number of aliphatic hydroxyl groups is 1. The first-order valence-corrected chi connectivity index (χ1v) is 4.06. The summed E-state index contributed by atoms with van der Waals surface area (Å²) in [7, 11) is 0. The summed E-state index contributed by atoms with van der Waals surface area (Å²) in [5.41, 5.74) is 0.326. The first-order valence-electron chi connectivity index (χ1n) is 4.06. The Hall–Kier alpha value is -1.52. The second kappa shape index (κ2) is 3.93. The van der Waals surface area contributed by atoms with E-state index in [-0.39, 0.29) is 18.7 Å². The highest BCUT2D eigenvalue weighted by atomic mass is 16.7. The summed E-state index contributed by atoms with van der Waals surface area (Å²) in [5.74, 6) is -0.795. The molecule has 13 heavy (non-hydrogen) atoms. The van der Waals surface area contributed by atoms with Crippen molar-refractivity contribution in [2.75, 3.05) is 0 Å². The maximum atomic E-state index is 11.1. The van der Waals surface area contributed by atoms with Gasteiger partial charge >= 0.3 is 5.97 Å². The maximum absolute atomic E-state index is 11.1. The lowest BCUT2D eigenvalue weighted by molar-refractivity contribution is -0.186. The van der Waals surface area contributed by atoms with E-state index in [1.54, 1.807) is 6.92 Å². The summed E-state index contributed by atoms with van der Waals surface area (Å²) in [6.07, 6.45) is 1.66. The first kappa shape index (κ1) is 9.57. The van der Waals surface area contributed by atoms with E-state index in [1.165, 1.54) is 0 Å². The smallest absolute Gasteiger partial charge is 0.332 e. The predicted molar refractivity (Wildman–Crippen MR) is 43.2 cm³/mol. The number of amides is 1. The average Bonchev–Trinajstić information content (AvgIpc) is 2.48. The van der Waals surface area contributed by atoms with E-state index >= 15 is 0 Å². The molecule has 1 rings (SSSR count). The number of allylic oxidation sites excluding steroid dienone is 1. The second-order valence-corrected chi connectivity index (χ2v) is 2.63.